The van der Waals surface area contributed by atoms with Gasteiger partial charge in [0, 0.05) is 36.5 Å². The van der Waals surface area contributed by atoms with Crippen molar-refractivity contribution in [2.45, 2.75) is 58.7 Å². The normalized spacial score (nSPS) is 17.5. The van der Waals surface area contributed by atoms with Gasteiger partial charge in [-0.05, 0) is 51.4 Å². The molecule has 0 unspecified atom stereocenters. The molecule has 166 valence electrons. The SMILES string of the molecule is CCn1cc(CN2CCCCC[C@H]2c2cc(-c3ccc(OC)c(OC)c3)on2)c(C)n1. The number of methoxy groups -OCH3 is 2. The van der Waals surface area contributed by atoms with Gasteiger partial charge in [-0.15, -0.1) is 0 Å². The standard InChI is InChI=1S/C24H32N4O3/c1-5-28-16-19(17(2)25-28)15-27-12-8-6-7-9-21(27)20-14-23(31-26-20)18-10-11-22(29-3)24(13-18)30-4/h10-11,13-14,16,21H,5-9,12,15H2,1-4H3/t21-/m0/s1. The van der Waals surface area contributed by atoms with E-state index in [-0.39, 0.29) is 6.04 Å². The van der Waals surface area contributed by atoms with Crippen LogP contribution in [0.5, 0.6) is 11.5 Å². The van der Waals surface area contributed by atoms with Crippen molar-refractivity contribution in [1.82, 2.24) is 19.8 Å². The van der Waals surface area contributed by atoms with Crippen LogP contribution in [-0.2, 0) is 13.1 Å². The molecule has 1 fully saturated rings. The molecule has 1 saturated heterocycles. The highest BCUT2D eigenvalue weighted by Crippen LogP contribution is 2.36. The van der Waals surface area contributed by atoms with Crippen LogP contribution in [0.3, 0.4) is 0 Å². The Morgan fingerprint density at radius 2 is 1.94 bits per heavy atom. The minimum atomic E-state index is 0.240. The van der Waals surface area contributed by atoms with Gasteiger partial charge in [0.05, 0.1) is 26.0 Å². The maximum absolute atomic E-state index is 5.77. The van der Waals surface area contributed by atoms with Crippen molar-refractivity contribution in [3.05, 3.63) is 47.4 Å². The fourth-order valence-corrected chi connectivity index (χ4v) is 4.36. The molecule has 0 aliphatic carbocycles. The van der Waals surface area contributed by atoms with E-state index in [1.807, 2.05) is 22.9 Å². The highest BCUT2D eigenvalue weighted by molar-refractivity contribution is 5.62. The molecule has 7 nitrogen and oxygen atoms in total. The predicted octanol–water partition coefficient (Wildman–Crippen LogP) is 5.00. The Balaban J connectivity index is 1.59. The molecule has 0 saturated carbocycles. The lowest BCUT2D eigenvalue weighted by Gasteiger charge is -2.28. The highest BCUT2D eigenvalue weighted by atomic mass is 16.5. The second-order valence-electron chi connectivity index (χ2n) is 8.12. The molecule has 3 aromatic rings. The van der Waals surface area contributed by atoms with Crippen molar-refractivity contribution in [2.75, 3.05) is 20.8 Å². The Bertz CT molecular complexity index is 1010. The molecular formula is C24H32N4O3. The summed E-state index contributed by atoms with van der Waals surface area (Å²) < 4.78 is 18.6. The molecule has 4 rings (SSSR count). The first-order chi connectivity index (χ1) is 15.1. The van der Waals surface area contributed by atoms with Crippen molar-refractivity contribution in [3.63, 3.8) is 0 Å². The smallest absolute Gasteiger partial charge is 0.167 e. The largest absolute Gasteiger partial charge is 0.493 e. The number of hydrogen-bond donors (Lipinski definition) is 0. The molecule has 1 aliphatic heterocycles. The van der Waals surface area contributed by atoms with Gasteiger partial charge in [0.15, 0.2) is 17.3 Å². The second kappa shape index (κ2) is 9.56. The third-order valence-electron chi connectivity index (χ3n) is 6.15. The third kappa shape index (κ3) is 4.61. The van der Waals surface area contributed by atoms with E-state index in [2.05, 4.69) is 41.3 Å². The van der Waals surface area contributed by atoms with E-state index in [4.69, 9.17) is 14.0 Å². The highest BCUT2D eigenvalue weighted by Gasteiger charge is 2.27. The Morgan fingerprint density at radius 1 is 1.10 bits per heavy atom. The molecule has 0 radical (unpaired) electrons. The lowest BCUT2D eigenvalue weighted by atomic mass is 10.0. The van der Waals surface area contributed by atoms with Crippen molar-refractivity contribution in [3.8, 4) is 22.8 Å². The summed E-state index contributed by atoms with van der Waals surface area (Å²) in [6.07, 6.45) is 6.92. The van der Waals surface area contributed by atoms with Crippen LogP contribution in [0, 0.1) is 6.92 Å². The zero-order valence-corrected chi connectivity index (χ0v) is 18.9. The fourth-order valence-electron chi connectivity index (χ4n) is 4.36. The van der Waals surface area contributed by atoms with Crippen LogP contribution in [0.15, 0.2) is 35.0 Å². The molecule has 7 heteroatoms. The summed E-state index contributed by atoms with van der Waals surface area (Å²) in [5, 5.41) is 9.11. The van der Waals surface area contributed by atoms with Crippen LogP contribution in [0.2, 0.25) is 0 Å². The second-order valence-corrected chi connectivity index (χ2v) is 8.12. The minimum Gasteiger partial charge on any atom is -0.493 e. The molecular weight excluding hydrogens is 392 g/mol. The topological polar surface area (TPSA) is 65.5 Å². The van der Waals surface area contributed by atoms with E-state index in [1.54, 1.807) is 14.2 Å². The Kier molecular flexibility index (Phi) is 6.61. The summed E-state index contributed by atoms with van der Waals surface area (Å²) in [5.41, 5.74) is 4.32. The van der Waals surface area contributed by atoms with Crippen LogP contribution >= 0.6 is 0 Å². The number of aromatic nitrogens is 3. The van der Waals surface area contributed by atoms with Crippen LogP contribution in [0.1, 0.15) is 55.6 Å². The van der Waals surface area contributed by atoms with E-state index < -0.39 is 0 Å². The van der Waals surface area contributed by atoms with Gasteiger partial charge in [-0.1, -0.05) is 18.0 Å². The monoisotopic (exact) mass is 424 g/mol. The van der Waals surface area contributed by atoms with Crippen molar-refractivity contribution in [1.29, 1.82) is 0 Å². The number of rotatable bonds is 7. The summed E-state index contributed by atoms with van der Waals surface area (Å²) in [4.78, 5) is 2.53. The van der Waals surface area contributed by atoms with Gasteiger partial charge in [0.1, 0.15) is 5.69 Å². The van der Waals surface area contributed by atoms with Crippen molar-refractivity contribution < 1.29 is 14.0 Å². The average molecular weight is 425 g/mol. The number of benzene rings is 1. The van der Waals surface area contributed by atoms with E-state index in [0.29, 0.717) is 11.5 Å². The number of likely N-dealkylation sites (tertiary alicyclic amines) is 1. The molecule has 2 aromatic heterocycles. The lowest BCUT2D eigenvalue weighted by Crippen LogP contribution is -2.28. The first-order valence-electron chi connectivity index (χ1n) is 11.1. The van der Waals surface area contributed by atoms with Gasteiger partial charge < -0.3 is 14.0 Å². The predicted molar refractivity (Wildman–Crippen MR) is 119 cm³/mol. The average Bonchev–Trinajstić information content (AvgIpc) is 3.34. The summed E-state index contributed by atoms with van der Waals surface area (Å²) in [7, 11) is 3.27. The Labute approximate surface area is 183 Å². The zero-order chi connectivity index (χ0) is 21.8. The van der Waals surface area contributed by atoms with Gasteiger partial charge >= 0.3 is 0 Å². The third-order valence-corrected chi connectivity index (χ3v) is 6.15. The van der Waals surface area contributed by atoms with E-state index in [9.17, 15) is 0 Å². The Hall–Kier alpha value is -2.80. The molecule has 3 heterocycles. The van der Waals surface area contributed by atoms with E-state index in [0.717, 1.165) is 48.8 Å². The van der Waals surface area contributed by atoms with Gasteiger partial charge in [0.25, 0.3) is 0 Å². The van der Waals surface area contributed by atoms with Crippen LogP contribution in [0.25, 0.3) is 11.3 Å². The molecule has 1 aliphatic rings. The maximum Gasteiger partial charge on any atom is 0.167 e. The summed E-state index contributed by atoms with van der Waals surface area (Å²) in [5.74, 6) is 2.12. The first kappa shape index (κ1) is 21.4. The molecule has 0 amide bonds. The summed E-state index contributed by atoms with van der Waals surface area (Å²) in [6.45, 7) is 7.05. The molecule has 0 spiro atoms. The van der Waals surface area contributed by atoms with Crippen LogP contribution < -0.4 is 9.47 Å². The van der Waals surface area contributed by atoms with Crippen molar-refractivity contribution in [2.24, 2.45) is 0 Å². The van der Waals surface area contributed by atoms with Crippen LogP contribution in [-0.4, -0.2) is 40.6 Å². The fraction of sp³-hybridized carbons (Fsp3) is 0.500. The van der Waals surface area contributed by atoms with E-state index in [1.165, 1.54) is 24.8 Å². The number of nitrogens with zero attached hydrogens (tertiary/aromatic N) is 4. The van der Waals surface area contributed by atoms with Gasteiger partial charge in [-0.25, -0.2) is 0 Å². The number of aryl methyl sites for hydroxylation is 2. The quantitative estimate of drug-likeness (QED) is 0.532. The molecule has 1 atom stereocenters. The van der Waals surface area contributed by atoms with Crippen LogP contribution in [0.4, 0.5) is 0 Å². The minimum absolute atomic E-state index is 0.240. The molecule has 31 heavy (non-hydrogen) atoms. The maximum atomic E-state index is 5.77. The van der Waals surface area contributed by atoms with Gasteiger partial charge in [-0.2, -0.15) is 5.10 Å². The zero-order valence-electron chi connectivity index (χ0n) is 18.9. The summed E-state index contributed by atoms with van der Waals surface area (Å²) >= 11 is 0. The summed E-state index contributed by atoms with van der Waals surface area (Å²) in [6, 6.07) is 8.11. The molecule has 1 aromatic carbocycles. The van der Waals surface area contributed by atoms with E-state index >= 15 is 0 Å². The molecule has 0 bridgehead atoms. The van der Waals surface area contributed by atoms with Crippen molar-refractivity contribution >= 4 is 0 Å². The lowest BCUT2D eigenvalue weighted by molar-refractivity contribution is 0.183. The van der Waals surface area contributed by atoms with Gasteiger partial charge in [-0.3, -0.25) is 9.58 Å². The van der Waals surface area contributed by atoms with Gasteiger partial charge in [0.2, 0.25) is 0 Å². The molecule has 0 N–H and O–H groups in total. The Morgan fingerprint density at radius 3 is 2.68 bits per heavy atom. The first-order valence-corrected chi connectivity index (χ1v) is 11.1. The number of hydrogen-bond acceptors (Lipinski definition) is 6. The number of ether oxygens (including phenoxy) is 2.